The van der Waals surface area contributed by atoms with Gasteiger partial charge in [-0.05, 0) is 24.3 Å². The van der Waals surface area contributed by atoms with Gasteiger partial charge in [-0.2, -0.15) is 0 Å². The molecule has 0 aromatic heterocycles. The first-order valence-electron chi connectivity index (χ1n) is 5.94. The van der Waals surface area contributed by atoms with E-state index in [1.54, 1.807) is 12.1 Å². The van der Waals surface area contributed by atoms with Gasteiger partial charge in [0.2, 0.25) is 5.91 Å². The summed E-state index contributed by atoms with van der Waals surface area (Å²) in [5.41, 5.74) is 0. The maximum atomic E-state index is 11.4. The molecule has 0 aliphatic rings. The number of hydrogen-bond acceptors (Lipinski definition) is 5. The molecule has 0 fully saturated rings. The van der Waals surface area contributed by atoms with E-state index < -0.39 is 12.1 Å². The smallest absolute Gasteiger partial charge is 0.336 e. The van der Waals surface area contributed by atoms with E-state index in [0.717, 1.165) is 4.47 Å². The van der Waals surface area contributed by atoms with Gasteiger partial charge in [-0.1, -0.05) is 15.9 Å². The molecule has 0 bridgehead atoms. The van der Waals surface area contributed by atoms with Crippen LogP contribution in [0.15, 0.2) is 28.7 Å². The Morgan fingerprint density at radius 1 is 1.35 bits per heavy atom. The van der Waals surface area contributed by atoms with Gasteiger partial charge in [0, 0.05) is 4.47 Å². The molecule has 0 radical (unpaired) electrons. The molecule has 1 amide bonds. The Hall–Kier alpha value is -1.60. The lowest BCUT2D eigenvalue weighted by molar-refractivity contribution is -0.150. The number of ether oxygens (including phenoxy) is 2. The van der Waals surface area contributed by atoms with Crippen molar-refractivity contribution < 1.29 is 24.2 Å². The predicted molar refractivity (Wildman–Crippen MR) is 75.3 cm³/mol. The van der Waals surface area contributed by atoms with Crippen molar-refractivity contribution >= 4 is 27.8 Å². The van der Waals surface area contributed by atoms with Crippen LogP contribution in [0.4, 0.5) is 0 Å². The molecule has 0 heterocycles. The maximum absolute atomic E-state index is 11.4. The lowest BCUT2D eigenvalue weighted by atomic mass is 10.3. The number of aliphatic hydroxyl groups excluding tert-OH is 1. The highest BCUT2D eigenvalue weighted by Gasteiger charge is 2.15. The van der Waals surface area contributed by atoms with Crippen molar-refractivity contribution in [3.8, 4) is 5.75 Å². The Morgan fingerprint density at radius 2 is 2.00 bits per heavy atom. The van der Waals surface area contributed by atoms with E-state index in [9.17, 15) is 14.7 Å². The Kier molecular flexibility index (Phi) is 7.03. The summed E-state index contributed by atoms with van der Waals surface area (Å²) in [6, 6.07) is 7.23. The number of aliphatic hydroxyl groups is 1. The molecule has 0 spiro atoms. The second-order valence-electron chi connectivity index (χ2n) is 3.90. The third-order valence-electron chi connectivity index (χ3n) is 2.38. The second kappa shape index (κ2) is 8.55. The van der Waals surface area contributed by atoms with Crippen LogP contribution in [0.1, 0.15) is 6.42 Å². The summed E-state index contributed by atoms with van der Waals surface area (Å²) in [6.07, 6.45) is -1.22. The largest absolute Gasteiger partial charge is 0.493 e. The number of benzene rings is 1. The number of nitrogens with one attached hydrogen (secondary N) is 1. The summed E-state index contributed by atoms with van der Waals surface area (Å²) in [4.78, 5) is 22.3. The van der Waals surface area contributed by atoms with E-state index in [1.807, 2.05) is 12.1 Å². The minimum atomic E-state index is -1.35. The summed E-state index contributed by atoms with van der Waals surface area (Å²) in [5, 5.41) is 11.7. The zero-order chi connectivity index (χ0) is 15.0. The van der Waals surface area contributed by atoms with Gasteiger partial charge in [0.05, 0.1) is 26.7 Å². The highest BCUT2D eigenvalue weighted by molar-refractivity contribution is 9.10. The van der Waals surface area contributed by atoms with Crippen LogP contribution in [-0.2, 0) is 14.3 Å². The summed E-state index contributed by atoms with van der Waals surface area (Å²) in [5.74, 6) is -0.433. The minimum Gasteiger partial charge on any atom is -0.493 e. The molecule has 1 aromatic rings. The van der Waals surface area contributed by atoms with Crippen LogP contribution in [0, 0.1) is 0 Å². The van der Waals surface area contributed by atoms with Gasteiger partial charge in [0.15, 0.2) is 6.10 Å². The van der Waals surface area contributed by atoms with Crippen molar-refractivity contribution in [2.45, 2.75) is 12.5 Å². The molecule has 0 aliphatic heterocycles. The van der Waals surface area contributed by atoms with Gasteiger partial charge >= 0.3 is 5.97 Å². The molecule has 7 heteroatoms. The van der Waals surface area contributed by atoms with Crippen molar-refractivity contribution in [2.75, 3.05) is 20.3 Å². The first kappa shape index (κ1) is 16.5. The fourth-order valence-corrected chi connectivity index (χ4v) is 1.58. The molecule has 1 unspecified atom stereocenters. The van der Waals surface area contributed by atoms with Crippen LogP contribution >= 0.6 is 15.9 Å². The minimum absolute atomic E-state index is 0.129. The van der Waals surface area contributed by atoms with Crippen LogP contribution in [0.5, 0.6) is 5.75 Å². The van der Waals surface area contributed by atoms with Gasteiger partial charge in [-0.25, -0.2) is 4.79 Å². The lowest BCUT2D eigenvalue weighted by Gasteiger charge is -2.10. The van der Waals surface area contributed by atoms with Gasteiger partial charge in [-0.3, -0.25) is 4.79 Å². The average Bonchev–Trinajstić information content (AvgIpc) is 2.46. The van der Waals surface area contributed by atoms with E-state index in [4.69, 9.17) is 4.74 Å². The van der Waals surface area contributed by atoms with E-state index in [0.29, 0.717) is 5.75 Å². The number of methoxy groups -OCH3 is 1. The van der Waals surface area contributed by atoms with Crippen molar-refractivity contribution in [3.63, 3.8) is 0 Å². The van der Waals surface area contributed by atoms with Crippen LogP contribution in [0.25, 0.3) is 0 Å². The van der Waals surface area contributed by atoms with Crippen LogP contribution < -0.4 is 10.1 Å². The Morgan fingerprint density at radius 3 is 2.60 bits per heavy atom. The van der Waals surface area contributed by atoms with Crippen molar-refractivity contribution in [2.24, 2.45) is 0 Å². The molecular weight excluding hydrogens is 330 g/mol. The molecule has 6 nitrogen and oxygen atoms in total. The maximum Gasteiger partial charge on any atom is 0.336 e. The summed E-state index contributed by atoms with van der Waals surface area (Å²) in [6.45, 7) is 0.0333. The zero-order valence-corrected chi connectivity index (χ0v) is 12.6. The summed E-state index contributed by atoms with van der Waals surface area (Å²) in [7, 11) is 1.17. The van der Waals surface area contributed by atoms with Gasteiger partial charge in [-0.15, -0.1) is 0 Å². The number of esters is 1. The van der Waals surface area contributed by atoms with E-state index in [1.165, 1.54) is 7.11 Å². The van der Waals surface area contributed by atoms with Crippen LogP contribution in [0.3, 0.4) is 0 Å². The predicted octanol–water partition coefficient (Wildman–Crippen LogP) is 0.868. The quantitative estimate of drug-likeness (QED) is 0.716. The zero-order valence-electron chi connectivity index (χ0n) is 11.0. The summed E-state index contributed by atoms with van der Waals surface area (Å²) < 4.78 is 10.6. The molecule has 1 aromatic carbocycles. The highest BCUT2D eigenvalue weighted by atomic mass is 79.9. The molecule has 1 atom stereocenters. The topological polar surface area (TPSA) is 84.9 Å². The van der Waals surface area contributed by atoms with Gasteiger partial charge in [0.1, 0.15) is 5.75 Å². The second-order valence-corrected chi connectivity index (χ2v) is 4.81. The number of rotatable bonds is 7. The SMILES string of the molecule is COC(=O)C(O)CNC(=O)CCOc1ccc(Br)cc1. The molecule has 20 heavy (non-hydrogen) atoms. The van der Waals surface area contributed by atoms with E-state index >= 15 is 0 Å². The van der Waals surface area contributed by atoms with Gasteiger partial charge < -0.3 is 19.9 Å². The van der Waals surface area contributed by atoms with Crippen LogP contribution in [-0.4, -0.2) is 43.3 Å². The number of amides is 1. The molecule has 0 saturated heterocycles. The molecule has 110 valence electrons. The first-order valence-corrected chi connectivity index (χ1v) is 6.73. The molecule has 2 N–H and O–H groups in total. The summed E-state index contributed by atoms with van der Waals surface area (Å²) >= 11 is 3.31. The van der Waals surface area contributed by atoms with Gasteiger partial charge in [0.25, 0.3) is 0 Å². The molecular formula is C13H16BrNO5. The molecule has 0 saturated carbocycles. The molecule has 0 aliphatic carbocycles. The Bertz CT molecular complexity index is 449. The fraction of sp³-hybridized carbons (Fsp3) is 0.385. The van der Waals surface area contributed by atoms with Crippen molar-refractivity contribution in [3.05, 3.63) is 28.7 Å². The van der Waals surface area contributed by atoms with Crippen molar-refractivity contribution in [1.82, 2.24) is 5.32 Å². The Labute approximate surface area is 125 Å². The Balaban J connectivity index is 2.20. The lowest BCUT2D eigenvalue weighted by Crippen LogP contribution is -2.37. The van der Waals surface area contributed by atoms with Crippen molar-refractivity contribution in [1.29, 1.82) is 0 Å². The first-order chi connectivity index (χ1) is 9.52. The highest BCUT2D eigenvalue weighted by Crippen LogP contribution is 2.16. The monoisotopic (exact) mass is 345 g/mol. The number of halogens is 1. The number of hydrogen-bond donors (Lipinski definition) is 2. The number of carbonyl (C=O) groups is 2. The molecule has 1 rings (SSSR count). The number of carbonyl (C=O) groups excluding carboxylic acids is 2. The normalized spacial score (nSPS) is 11.6. The van der Waals surface area contributed by atoms with E-state index in [-0.39, 0.29) is 25.5 Å². The third-order valence-corrected chi connectivity index (χ3v) is 2.91. The average molecular weight is 346 g/mol. The fourth-order valence-electron chi connectivity index (χ4n) is 1.31. The van der Waals surface area contributed by atoms with Crippen LogP contribution in [0.2, 0.25) is 0 Å². The third kappa shape index (κ3) is 6.03. The van der Waals surface area contributed by atoms with E-state index in [2.05, 4.69) is 26.0 Å². The standard InChI is InChI=1S/C13H16BrNO5/c1-19-13(18)11(16)8-15-12(17)6-7-20-10-4-2-9(14)3-5-10/h2-5,11,16H,6-8H2,1H3,(H,15,17).